The van der Waals surface area contributed by atoms with E-state index in [1.165, 1.54) is 27.8 Å². The smallest absolute Gasteiger partial charge is 0.0705 e. The van der Waals surface area contributed by atoms with Crippen LogP contribution in [-0.2, 0) is 24.7 Å². The van der Waals surface area contributed by atoms with Gasteiger partial charge in [0.15, 0.2) is 0 Å². The number of hydrogen-bond donors (Lipinski definition) is 0. The minimum absolute atomic E-state index is 0.0201. The summed E-state index contributed by atoms with van der Waals surface area (Å²) in [5, 5.41) is 5.56. The third kappa shape index (κ3) is 5.72. The molecule has 41 heavy (non-hydrogen) atoms. The molecule has 4 aromatic rings. The van der Waals surface area contributed by atoms with Crippen molar-refractivity contribution in [3.63, 3.8) is 0 Å². The molecule has 3 aromatic heterocycles. The molecule has 5 heteroatoms. The van der Waals surface area contributed by atoms with E-state index in [1.807, 2.05) is 48.7 Å². The third-order valence-electron chi connectivity index (χ3n) is 8.66. The SMILES string of the molecule is C/C=N\C=C(/C)C(C)(c1ccc(CC)nc1)c1ccc2nc(CC)c(CC3(C)C=CC(n4cccn4)=CC3)cc2c1. The van der Waals surface area contributed by atoms with E-state index in [1.54, 1.807) is 0 Å². The molecule has 1 aliphatic rings. The summed E-state index contributed by atoms with van der Waals surface area (Å²) in [5.41, 5.74) is 8.93. The number of allylic oxidation sites excluding steroid dienone is 5. The van der Waals surface area contributed by atoms with Crippen molar-refractivity contribution in [3.05, 3.63) is 119 Å². The molecule has 1 aromatic carbocycles. The molecular weight excluding hydrogens is 502 g/mol. The van der Waals surface area contributed by atoms with Gasteiger partial charge in [0, 0.05) is 53.2 Å². The second-order valence-electron chi connectivity index (χ2n) is 11.5. The predicted octanol–water partition coefficient (Wildman–Crippen LogP) is 8.30. The van der Waals surface area contributed by atoms with Crippen LogP contribution in [0.4, 0.5) is 0 Å². The Labute approximate surface area is 244 Å². The van der Waals surface area contributed by atoms with E-state index >= 15 is 0 Å². The van der Waals surface area contributed by atoms with Crippen LogP contribution < -0.4 is 0 Å². The molecule has 0 aliphatic heterocycles. The maximum absolute atomic E-state index is 5.15. The fraction of sp³-hybridized carbons (Fsp3) is 0.333. The number of rotatable bonds is 9. The molecule has 210 valence electrons. The van der Waals surface area contributed by atoms with Crippen LogP contribution in [-0.4, -0.2) is 26.0 Å². The minimum Gasteiger partial charge on any atom is -0.269 e. The maximum atomic E-state index is 5.15. The van der Waals surface area contributed by atoms with Crippen LogP contribution in [0.2, 0.25) is 0 Å². The highest BCUT2D eigenvalue weighted by atomic mass is 15.3. The van der Waals surface area contributed by atoms with Crippen LogP contribution in [0.15, 0.2) is 96.0 Å². The molecule has 3 heterocycles. The molecule has 0 N–H and O–H groups in total. The lowest BCUT2D eigenvalue weighted by atomic mass is 9.71. The van der Waals surface area contributed by atoms with Crippen molar-refractivity contribution in [2.24, 2.45) is 10.4 Å². The Balaban J connectivity index is 1.54. The molecule has 0 saturated heterocycles. The summed E-state index contributed by atoms with van der Waals surface area (Å²) in [6.45, 7) is 13.1. The second-order valence-corrected chi connectivity index (χ2v) is 11.5. The van der Waals surface area contributed by atoms with Gasteiger partial charge < -0.3 is 0 Å². The van der Waals surface area contributed by atoms with E-state index in [0.29, 0.717) is 0 Å². The van der Waals surface area contributed by atoms with E-state index < -0.39 is 0 Å². The van der Waals surface area contributed by atoms with Crippen molar-refractivity contribution in [2.75, 3.05) is 0 Å². The Morgan fingerprint density at radius 2 is 1.95 bits per heavy atom. The van der Waals surface area contributed by atoms with Crippen molar-refractivity contribution < 1.29 is 0 Å². The zero-order valence-electron chi connectivity index (χ0n) is 25.2. The van der Waals surface area contributed by atoms with E-state index in [4.69, 9.17) is 9.97 Å². The van der Waals surface area contributed by atoms with Gasteiger partial charge in [-0.15, -0.1) is 0 Å². The molecule has 5 rings (SSSR count). The molecule has 2 atom stereocenters. The van der Waals surface area contributed by atoms with Gasteiger partial charge in [0.05, 0.1) is 11.2 Å². The number of benzene rings is 1. The van der Waals surface area contributed by atoms with Gasteiger partial charge in [-0.05, 0) is 111 Å². The van der Waals surface area contributed by atoms with Crippen molar-refractivity contribution >= 4 is 22.8 Å². The molecule has 0 saturated carbocycles. The Bertz CT molecular complexity index is 1640. The summed E-state index contributed by atoms with van der Waals surface area (Å²) >= 11 is 0. The van der Waals surface area contributed by atoms with Crippen LogP contribution in [0.25, 0.3) is 16.6 Å². The fourth-order valence-corrected chi connectivity index (χ4v) is 5.82. The number of hydrogen-bond acceptors (Lipinski definition) is 4. The van der Waals surface area contributed by atoms with Gasteiger partial charge in [-0.1, -0.05) is 45.1 Å². The first-order valence-electron chi connectivity index (χ1n) is 14.7. The van der Waals surface area contributed by atoms with Gasteiger partial charge >= 0.3 is 0 Å². The van der Waals surface area contributed by atoms with Crippen LogP contribution in [0, 0.1) is 5.41 Å². The Kier molecular flexibility index (Phi) is 8.16. The fourth-order valence-electron chi connectivity index (χ4n) is 5.82. The summed E-state index contributed by atoms with van der Waals surface area (Å²) in [4.78, 5) is 14.4. The first kappa shape index (κ1) is 28.4. The highest BCUT2D eigenvalue weighted by Gasteiger charge is 2.32. The molecule has 1 aliphatic carbocycles. The average molecular weight is 544 g/mol. The van der Waals surface area contributed by atoms with Crippen LogP contribution >= 0.6 is 0 Å². The largest absolute Gasteiger partial charge is 0.269 e. The zero-order chi connectivity index (χ0) is 29.0. The number of pyridine rings is 2. The van der Waals surface area contributed by atoms with E-state index in [0.717, 1.165) is 48.2 Å². The normalized spacial score (nSPS) is 19.1. The lowest BCUT2D eigenvalue weighted by molar-refractivity contribution is 0.425. The Morgan fingerprint density at radius 1 is 1.12 bits per heavy atom. The standard InChI is InChI=1S/C36H41N5/c1-7-31-13-11-30(25-38-31)36(6,26(4)24-37-9-3)29-12-14-34-27(22-29)21-28(33(8-2)40-34)23-35(5)17-15-32(16-18-35)41-20-10-19-39-41/h9-17,19-22,24-25H,7-8,18,23H2,1-6H3/b26-24+,37-9-. The number of fused-ring (bicyclic) bond motifs is 1. The summed E-state index contributed by atoms with van der Waals surface area (Å²) < 4.78 is 1.93. The average Bonchev–Trinajstić information content (AvgIpc) is 3.54. The predicted molar refractivity (Wildman–Crippen MR) is 171 cm³/mol. The first-order chi connectivity index (χ1) is 19.8. The van der Waals surface area contributed by atoms with Crippen molar-refractivity contribution in [2.45, 2.75) is 72.6 Å². The number of aliphatic imine (C=N–C) groups is 1. The van der Waals surface area contributed by atoms with Crippen LogP contribution in [0.1, 0.15) is 76.0 Å². The van der Waals surface area contributed by atoms with Crippen molar-refractivity contribution in [1.29, 1.82) is 0 Å². The molecule has 0 spiro atoms. The topological polar surface area (TPSA) is 56.0 Å². The second kappa shape index (κ2) is 11.8. The third-order valence-corrected chi connectivity index (χ3v) is 8.66. The molecule has 2 unspecified atom stereocenters. The number of aromatic nitrogens is 4. The monoisotopic (exact) mass is 543 g/mol. The van der Waals surface area contributed by atoms with Gasteiger partial charge in [0.1, 0.15) is 0 Å². The van der Waals surface area contributed by atoms with Gasteiger partial charge in [0.2, 0.25) is 0 Å². The van der Waals surface area contributed by atoms with Crippen LogP contribution in [0.3, 0.4) is 0 Å². The molecule has 0 radical (unpaired) electrons. The quantitative estimate of drug-likeness (QED) is 0.200. The van der Waals surface area contributed by atoms with Crippen molar-refractivity contribution in [1.82, 2.24) is 19.7 Å². The van der Waals surface area contributed by atoms with Crippen LogP contribution in [0.5, 0.6) is 0 Å². The lowest BCUT2D eigenvalue weighted by Gasteiger charge is -2.32. The molecule has 5 nitrogen and oxygen atoms in total. The Hall–Kier alpha value is -4.12. The molecule has 0 bridgehead atoms. The van der Waals surface area contributed by atoms with E-state index in [-0.39, 0.29) is 10.8 Å². The number of aryl methyl sites for hydroxylation is 2. The summed E-state index contributed by atoms with van der Waals surface area (Å²) in [7, 11) is 0. The highest BCUT2D eigenvalue weighted by molar-refractivity contribution is 5.81. The highest BCUT2D eigenvalue weighted by Crippen LogP contribution is 2.41. The van der Waals surface area contributed by atoms with Crippen molar-refractivity contribution in [3.8, 4) is 0 Å². The summed E-state index contributed by atoms with van der Waals surface area (Å²) in [5.74, 6) is 0. The molecular formula is C36H41N5. The van der Waals surface area contributed by atoms with Gasteiger partial charge in [0.25, 0.3) is 0 Å². The number of nitrogens with zero attached hydrogens (tertiary/aromatic N) is 5. The molecule has 0 amide bonds. The lowest BCUT2D eigenvalue weighted by Crippen LogP contribution is -2.25. The summed E-state index contributed by atoms with van der Waals surface area (Å²) in [6, 6.07) is 15.4. The summed E-state index contributed by atoms with van der Waals surface area (Å²) in [6.07, 6.45) is 20.2. The first-order valence-corrected chi connectivity index (χ1v) is 14.7. The zero-order valence-corrected chi connectivity index (χ0v) is 25.2. The van der Waals surface area contributed by atoms with E-state index in [9.17, 15) is 0 Å². The van der Waals surface area contributed by atoms with Gasteiger partial charge in [-0.25, -0.2) is 4.68 Å². The van der Waals surface area contributed by atoms with Gasteiger partial charge in [-0.2, -0.15) is 5.10 Å². The Morgan fingerprint density at radius 3 is 2.59 bits per heavy atom. The van der Waals surface area contributed by atoms with Gasteiger partial charge in [-0.3, -0.25) is 15.0 Å². The minimum atomic E-state index is -0.380. The van der Waals surface area contributed by atoms with E-state index in [2.05, 4.69) is 99.3 Å². The molecule has 0 fully saturated rings. The maximum Gasteiger partial charge on any atom is 0.0705 e.